The largest absolute Gasteiger partial charge is 0.488 e. The standard InChI is InChI=1S/C23H16ClOS/c24-19-11-12-20(22(15-19)25-16-17-7-3-1-4-8-17)21-13-14-26-23(21)18-9-5-2-6-10-18/h1,3-15H,16H2. The van der Waals surface area contributed by atoms with E-state index in [1.807, 2.05) is 48.5 Å². The molecule has 0 spiro atoms. The van der Waals surface area contributed by atoms with Gasteiger partial charge in [0, 0.05) is 21.0 Å². The van der Waals surface area contributed by atoms with Crippen LogP contribution in [-0.2, 0) is 6.61 Å². The summed E-state index contributed by atoms with van der Waals surface area (Å²) in [4.78, 5) is 1.21. The topological polar surface area (TPSA) is 9.23 Å². The van der Waals surface area contributed by atoms with Crippen molar-refractivity contribution in [3.05, 3.63) is 101 Å². The Labute approximate surface area is 162 Å². The first-order valence-corrected chi connectivity index (χ1v) is 9.57. The van der Waals surface area contributed by atoms with Crippen molar-refractivity contribution in [3.63, 3.8) is 0 Å². The van der Waals surface area contributed by atoms with Crippen molar-refractivity contribution >= 4 is 22.9 Å². The van der Waals surface area contributed by atoms with Crippen molar-refractivity contribution in [2.45, 2.75) is 6.61 Å². The molecule has 1 nitrogen and oxygen atoms in total. The first kappa shape index (κ1) is 16.9. The number of thiophene rings is 1. The first-order valence-electron chi connectivity index (χ1n) is 8.32. The Morgan fingerprint density at radius 1 is 0.885 bits per heavy atom. The molecular weight excluding hydrogens is 360 g/mol. The number of benzene rings is 3. The molecule has 0 aliphatic carbocycles. The number of ether oxygens (including phenoxy) is 1. The lowest BCUT2D eigenvalue weighted by Gasteiger charge is -2.13. The highest BCUT2D eigenvalue weighted by atomic mass is 35.5. The zero-order valence-corrected chi connectivity index (χ0v) is 15.6. The van der Waals surface area contributed by atoms with E-state index in [9.17, 15) is 0 Å². The molecule has 0 unspecified atom stereocenters. The van der Waals surface area contributed by atoms with Gasteiger partial charge in [0.2, 0.25) is 0 Å². The van der Waals surface area contributed by atoms with Gasteiger partial charge < -0.3 is 4.74 Å². The molecular formula is C23H16ClOS. The molecule has 3 heteroatoms. The molecule has 127 valence electrons. The van der Waals surface area contributed by atoms with Crippen LogP contribution in [0.1, 0.15) is 5.56 Å². The summed E-state index contributed by atoms with van der Waals surface area (Å²) in [7, 11) is 0. The van der Waals surface area contributed by atoms with Crippen molar-refractivity contribution in [1.29, 1.82) is 0 Å². The van der Waals surface area contributed by atoms with Crippen molar-refractivity contribution < 1.29 is 4.74 Å². The molecule has 26 heavy (non-hydrogen) atoms. The van der Waals surface area contributed by atoms with E-state index >= 15 is 0 Å². The van der Waals surface area contributed by atoms with Crippen LogP contribution >= 0.6 is 22.9 Å². The van der Waals surface area contributed by atoms with Crippen molar-refractivity contribution in [1.82, 2.24) is 0 Å². The minimum Gasteiger partial charge on any atom is -0.488 e. The normalized spacial score (nSPS) is 10.7. The minimum atomic E-state index is 0.508. The molecule has 1 heterocycles. The van der Waals surface area contributed by atoms with Gasteiger partial charge in [0.15, 0.2) is 0 Å². The fourth-order valence-corrected chi connectivity index (χ4v) is 3.94. The molecule has 0 aliphatic rings. The second-order valence-corrected chi connectivity index (χ2v) is 7.22. The highest BCUT2D eigenvalue weighted by molar-refractivity contribution is 7.14. The van der Waals surface area contributed by atoms with Gasteiger partial charge in [-0.3, -0.25) is 0 Å². The molecule has 1 aromatic heterocycles. The Morgan fingerprint density at radius 3 is 2.50 bits per heavy atom. The predicted molar refractivity (Wildman–Crippen MR) is 110 cm³/mol. The monoisotopic (exact) mass is 375 g/mol. The minimum absolute atomic E-state index is 0.508. The van der Waals surface area contributed by atoms with Crippen LogP contribution in [0.15, 0.2) is 84.2 Å². The third-order valence-corrected chi connectivity index (χ3v) is 5.32. The van der Waals surface area contributed by atoms with Gasteiger partial charge in [0.05, 0.1) is 0 Å². The van der Waals surface area contributed by atoms with Crippen LogP contribution in [0.5, 0.6) is 5.75 Å². The second-order valence-electron chi connectivity index (χ2n) is 5.87. The maximum Gasteiger partial charge on any atom is 0.129 e. The summed E-state index contributed by atoms with van der Waals surface area (Å²) >= 11 is 7.96. The third-order valence-electron chi connectivity index (χ3n) is 4.12. The molecule has 0 saturated heterocycles. The highest BCUT2D eigenvalue weighted by Gasteiger charge is 2.14. The molecule has 4 rings (SSSR count). The van der Waals surface area contributed by atoms with E-state index < -0.39 is 0 Å². The van der Waals surface area contributed by atoms with Crippen LogP contribution in [0.25, 0.3) is 21.6 Å². The summed E-state index contributed by atoms with van der Waals surface area (Å²) < 4.78 is 6.13. The van der Waals surface area contributed by atoms with Gasteiger partial charge in [-0.2, -0.15) is 0 Å². The van der Waals surface area contributed by atoms with Gasteiger partial charge in [-0.05, 0) is 46.8 Å². The Hall–Kier alpha value is -2.55. The van der Waals surface area contributed by atoms with E-state index in [0.717, 1.165) is 22.4 Å². The van der Waals surface area contributed by atoms with Crippen LogP contribution < -0.4 is 4.74 Å². The van der Waals surface area contributed by atoms with E-state index in [-0.39, 0.29) is 0 Å². The van der Waals surface area contributed by atoms with Crippen LogP contribution in [0, 0.1) is 6.07 Å². The number of hydrogen-bond acceptors (Lipinski definition) is 2. The van der Waals surface area contributed by atoms with E-state index in [0.29, 0.717) is 11.6 Å². The Bertz CT molecular complexity index is 993. The molecule has 0 atom stereocenters. The lowest BCUT2D eigenvalue weighted by atomic mass is 10.0. The molecule has 0 N–H and O–H groups in total. The summed E-state index contributed by atoms with van der Waals surface area (Å²) in [6.07, 6.45) is 0. The molecule has 0 bridgehead atoms. The number of halogens is 1. The van der Waals surface area contributed by atoms with Gasteiger partial charge in [-0.25, -0.2) is 0 Å². The Morgan fingerprint density at radius 2 is 1.69 bits per heavy atom. The maximum absolute atomic E-state index is 6.24. The summed E-state index contributed by atoms with van der Waals surface area (Å²) in [6.45, 7) is 0.508. The summed E-state index contributed by atoms with van der Waals surface area (Å²) in [5, 5.41) is 2.78. The number of hydrogen-bond donors (Lipinski definition) is 0. The van der Waals surface area contributed by atoms with Crippen LogP contribution in [0.4, 0.5) is 0 Å². The Kier molecular flexibility index (Phi) is 5.05. The fourth-order valence-electron chi connectivity index (χ4n) is 2.86. The quantitative estimate of drug-likeness (QED) is 0.361. The van der Waals surface area contributed by atoms with Crippen molar-refractivity contribution in [2.75, 3.05) is 0 Å². The van der Waals surface area contributed by atoms with Gasteiger partial charge in [-0.1, -0.05) is 66.2 Å². The van der Waals surface area contributed by atoms with Crippen molar-refractivity contribution in [2.24, 2.45) is 0 Å². The highest BCUT2D eigenvalue weighted by Crippen LogP contribution is 2.41. The molecule has 0 amide bonds. The van der Waals surface area contributed by atoms with E-state index in [1.165, 1.54) is 10.4 Å². The molecule has 4 aromatic rings. The third kappa shape index (κ3) is 3.67. The summed E-state index contributed by atoms with van der Waals surface area (Å²) in [5.41, 5.74) is 4.51. The molecule has 0 fully saturated rings. The first-order chi connectivity index (χ1) is 12.8. The Balaban J connectivity index is 1.71. The maximum atomic E-state index is 6.24. The average Bonchev–Trinajstić information content (AvgIpc) is 3.17. The van der Waals surface area contributed by atoms with Crippen LogP contribution in [0.3, 0.4) is 0 Å². The molecule has 1 radical (unpaired) electrons. The SMILES string of the molecule is Clc1ccc(-c2ccsc2-c2cc[c]cc2)c(OCc2ccccc2)c1. The lowest BCUT2D eigenvalue weighted by Crippen LogP contribution is -1.97. The van der Waals surface area contributed by atoms with Gasteiger partial charge in [-0.15, -0.1) is 11.3 Å². The van der Waals surface area contributed by atoms with E-state index in [4.69, 9.17) is 16.3 Å². The summed E-state index contributed by atoms with van der Waals surface area (Å²) in [5.74, 6) is 0.795. The van der Waals surface area contributed by atoms with E-state index in [1.54, 1.807) is 11.3 Å². The molecule has 0 saturated carbocycles. The fraction of sp³-hybridized carbons (Fsp3) is 0.0435. The molecule has 0 aliphatic heterocycles. The van der Waals surface area contributed by atoms with Gasteiger partial charge in [0.25, 0.3) is 0 Å². The van der Waals surface area contributed by atoms with Crippen LogP contribution in [-0.4, -0.2) is 0 Å². The smallest absolute Gasteiger partial charge is 0.129 e. The van der Waals surface area contributed by atoms with Gasteiger partial charge in [0.1, 0.15) is 12.4 Å². The zero-order chi connectivity index (χ0) is 17.8. The second kappa shape index (κ2) is 7.77. The van der Waals surface area contributed by atoms with Crippen LogP contribution in [0.2, 0.25) is 5.02 Å². The van der Waals surface area contributed by atoms with Gasteiger partial charge >= 0.3 is 0 Å². The zero-order valence-electron chi connectivity index (χ0n) is 14.0. The van der Waals surface area contributed by atoms with E-state index in [2.05, 4.69) is 41.8 Å². The predicted octanol–water partition coefficient (Wildman–Crippen LogP) is 7.11. The molecule has 3 aromatic carbocycles. The lowest BCUT2D eigenvalue weighted by molar-refractivity contribution is 0.307. The number of rotatable bonds is 5. The average molecular weight is 376 g/mol. The summed E-state index contributed by atoms with van der Waals surface area (Å²) in [6, 6.07) is 29.2. The van der Waals surface area contributed by atoms with Crippen molar-refractivity contribution in [3.8, 4) is 27.3 Å².